The molecule has 0 heterocycles. The number of hydrogen-bond donors (Lipinski definition) is 1. The Bertz CT molecular complexity index is 811. The molecule has 0 aliphatic carbocycles. The van der Waals surface area contributed by atoms with E-state index in [1.54, 1.807) is 0 Å². The highest BCUT2D eigenvalue weighted by Crippen LogP contribution is 2.19. The second-order valence-corrected chi connectivity index (χ2v) is 7.11. The maximum absolute atomic E-state index is 5.82. The van der Waals surface area contributed by atoms with Gasteiger partial charge >= 0.3 is 0 Å². The first-order valence-corrected chi connectivity index (χ1v) is 9.94. The molecule has 0 atom stereocenters. The minimum Gasteiger partial charge on any atom is -0.493 e. The van der Waals surface area contributed by atoms with Crippen molar-refractivity contribution in [2.24, 2.45) is 0 Å². The van der Waals surface area contributed by atoms with Crippen LogP contribution in [0, 0.1) is 0 Å². The standard InChI is InChI=1S/C25H29NO2/c1-20(2)22-8-12-24(13-9-22)28-19-17-26-23-10-14-25(15-11-23)27-18-16-21-6-4-3-5-7-21/h3-15,20,26H,16-19H2,1-2H3. The fourth-order valence-electron chi connectivity index (χ4n) is 2.91. The van der Waals surface area contributed by atoms with E-state index in [1.165, 1.54) is 11.1 Å². The Labute approximate surface area is 168 Å². The predicted molar refractivity (Wildman–Crippen MR) is 117 cm³/mol. The molecule has 0 aliphatic heterocycles. The van der Waals surface area contributed by atoms with Gasteiger partial charge in [0.05, 0.1) is 6.61 Å². The molecule has 0 amide bonds. The molecule has 146 valence electrons. The van der Waals surface area contributed by atoms with Crippen molar-refractivity contribution in [3.05, 3.63) is 90.0 Å². The average molecular weight is 376 g/mol. The van der Waals surface area contributed by atoms with E-state index in [0.29, 0.717) is 19.1 Å². The lowest BCUT2D eigenvalue weighted by Gasteiger charge is -2.11. The molecule has 0 aliphatic rings. The van der Waals surface area contributed by atoms with Crippen molar-refractivity contribution in [2.75, 3.05) is 25.1 Å². The van der Waals surface area contributed by atoms with E-state index in [1.807, 2.05) is 42.5 Å². The summed E-state index contributed by atoms with van der Waals surface area (Å²) >= 11 is 0. The van der Waals surface area contributed by atoms with Crippen molar-refractivity contribution >= 4 is 5.69 Å². The quantitative estimate of drug-likeness (QED) is 0.446. The van der Waals surface area contributed by atoms with E-state index < -0.39 is 0 Å². The van der Waals surface area contributed by atoms with Crippen LogP contribution in [0.25, 0.3) is 0 Å². The van der Waals surface area contributed by atoms with Crippen molar-refractivity contribution < 1.29 is 9.47 Å². The van der Waals surface area contributed by atoms with Crippen LogP contribution in [0.3, 0.4) is 0 Å². The third kappa shape index (κ3) is 6.34. The zero-order valence-corrected chi connectivity index (χ0v) is 16.7. The summed E-state index contributed by atoms with van der Waals surface area (Å²) < 4.78 is 11.6. The zero-order chi connectivity index (χ0) is 19.6. The number of rotatable bonds is 10. The smallest absolute Gasteiger partial charge is 0.119 e. The van der Waals surface area contributed by atoms with E-state index in [9.17, 15) is 0 Å². The summed E-state index contributed by atoms with van der Waals surface area (Å²) in [5, 5.41) is 3.37. The molecular formula is C25H29NO2. The lowest BCUT2D eigenvalue weighted by atomic mass is 10.0. The molecule has 0 saturated carbocycles. The number of benzene rings is 3. The summed E-state index contributed by atoms with van der Waals surface area (Å²) in [6.45, 7) is 6.44. The van der Waals surface area contributed by atoms with Gasteiger partial charge in [0, 0.05) is 18.7 Å². The molecule has 0 saturated heterocycles. The average Bonchev–Trinajstić information content (AvgIpc) is 2.73. The van der Waals surface area contributed by atoms with Crippen LogP contribution in [0.4, 0.5) is 5.69 Å². The van der Waals surface area contributed by atoms with Gasteiger partial charge in [-0.05, 0) is 53.4 Å². The third-order valence-corrected chi connectivity index (χ3v) is 4.60. The summed E-state index contributed by atoms with van der Waals surface area (Å²) in [7, 11) is 0. The molecule has 0 radical (unpaired) electrons. The summed E-state index contributed by atoms with van der Waals surface area (Å²) in [5.41, 5.74) is 3.69. The van der Waals surface area contributed by atoms with Crippen molar-refractivity contribution in [3.8, 4) is 11.5 Å². The number of anilines is 1. The molecule has 0 unspecified atom stereocenters. The fourth-order valence-corrected chi connectivity index (χ4v) is 2.91. The fraction of sp³-hybridized carbons (Fsp3) is 0.280. The van der Waals surface area contributed by atoms with Crippen LogP contribution in [0.5, 0.6) is 11.5 Å². The molecule has 1 N–H and O–H groups in total. The predicted octanol–water partition coefficient (Wildman–Crippen LogP) is 5.92. The Morgan fingerprint density at radius 3 is 1.96 bits per heavy atom. The van der Waals surface area contributed by atoms with Crippen LogP contribution < -0.4 is 14.8 Å². The zero-order valence-electron chi connectivity index (χ0n) is 16.7. The molecule has 0 spiro atoms. The van der Waals surface area contributed by atoms with Crippen molar-refractivity contribution in [1.82, 2.24) is 0 Å². The van der Waals surface area contributed by atoms with Crippen molar-refractivity contribution in [1.29, 1.82) is 0 Å². The van der Waals surface area contributed by atoms with Crippen LogP contribution in [-0.4, -0.2) is 19.8 Å². The van der Waals surface area contributed by atoms with Gasteiger partial charge in [-0.25, -0.2) is 0 Å². The third-order valence-electron chi connectivity index (χ3n) is 4.60. The molecule has 3 aromatic carbocycles. The largest absolute Gasteiger partial charge is 0.493 e. The molecule has 3 heteroatoms. The van der Waals surface area contributed by atoms with Crippen LogP contribution in [-0.2, 0) is 6.42 Å². The van der Waals surface area contributed by atoms with Crippen molar-refractivity contribution in [2.45, 2.75) is 26.2 Å². The van der Waals surface area contributed by atoms with E-state index in [2.05, 4.69) is 55.6 Å². The monoisotopic (exact) mass is 375 g/mol. The highest BCUT2D eigenvalue weighted by molar-refractivity contribution is 5.46. The van der Waals surface area contributed by atoms with Crippen LogP contribution >= 0.6 is 0 Å². The van der Waals surface area contributed by atoms with Gasteiger partial charge < -0.3 is 14.8 Å². The van der Waals surface area contributed by atoms with Crippen LogP contribution in [0.1, 0.15) is 30.9 Å². The van der Waals surface area contributed by atoms with E-state index in [0.717, 1.165) is 30.2 Å². The Hall–Kier alpha value is -2.94. The first kappa shape index (κ1) is 19.8. The number of hydrogen-bond acceptors (Lipinski definition) is 3. The first-order chi connectivity index (χ1) is 13.7. The van der Waals surface area contributed by atoms with Gasteiger partial charge in [-0.3, -0.25) is 0 Å². The highest BCUT2D eigenvalue weighted by atomic mass is 16.5. The first-order valence-electron chi connectivity index (χ1n) is 9.94. The van der Waals surface area contributed by atoms with Gasteiger partial charge in [0.15, 0.2) is 0 Å². The maximum Gasteiger partial charge on any atom is 0.119 e. The summed E-state index contributed by atoms with van der Waals surface area (Å²) in [4.78, 5) is 0. The SMILES string of the molecule is CC(C)c1ccc(OCCNc2ccc(OCCc3ccccc3)cc2)cc1. The van der Waals surface area contributed by atoms with Gasteiger partial charge in [-0.1, -0.05) is 56.3 Å². The van der Waals surface area contributed by atoms with Gasteiger partial charge in [0.1, 0.15) is 18.1 Å². The highest BCUT2D eigenvalue weighted by Gasteiger charge is 2.00. The normalized spacial score (nSPS) is 10.7. The lowest BCUT2D eigenvalue weighted by Crippen LogP contribution is -2.11. The van der Waals surface area contributed by atoms with Gasteiger partial charge in [-0.15, -0.1) is 0 Å². The van der Waals surface area contributed by atoms with Gasteiger partial charge in [0.25, 0.3) is 0 Å². The Morgan fingerprint density at radius 1 is 0.714 bits per heavy atom. The summed E-state index contributed by atoms with van der Waals surface area (Å²) in [6, 6.07) is 26.8. The van der Waals surface area contributed by atoms with Gasteiger partial charge in [-0.2, -0.15) is 0 Å². The molecule has 3 rings (SSSR count). The summed E-state index contributed by atoms with van der Waals surface area (Å²) in [6.07, 6.45) is 0.913. The molecule has 3 nitrogen and oxygen atoms in total. The minimum absolute atomic E-state index is 0.543. The Kier molecular flexibility index (Phi) is 7.36. The molecular weight excluding hydrogens is 346 g/mol. The van der Waals surface area contributed by atoms with Crippen LogP contribution in [0.15, 0.2) is 78.9 Å². The molecule has 28 heavy (non-hydrogen) atoms. The molecule has 0 fully saturated rings. The van der Waals surface area contributed by atoms with Crippen molar-refractivity contribution in [3.63, 3.8) is 0 Å². The minimum atomic E-state index is 0.543. The molecule has 0 aromatic heterocycles. The number of nitrogens with one attached hydrogen (secondary N) is 1. The summed E-state index contributed by atoms with van der Waals surface area (Å²) in [5.74, 6) is 2.34. The second-order valence-electron chi connectivity index (χ2n) is 7.11. The Morgan fingerprint density at radius 2 is 1.32 bits per heavy atom. The van der Waals surface area contributed by atoms with Gasteiger partial charge in [0.2, 0.25) is 0 Å². The van der Waals surface area contributed by atoms with E-state index in [-0.39, 0.29) is 0 Å². The second kappa shape index (κ2) is 10.4. The number of ether oxygens (including phenoxy) is 2. The van der Waals surface area contributed by atoms with E-state index in [4.69, 9.17) is 9.47 Å². The molecule has 0 bridgehead atoms. The van der Waals surface area contributed by atoms with E-state index >= 15 is 0 Å². The molecule has 3 aromatic rings. The lowest BCUT2D eigenvalue weighted by molar-refractivity contribution is 0.322. The Balaban J connectivity index is 1.35. The maximum atomic E-state index is 5.82. The topological polar surface area (TPSA) is 30.5 Å². The van der Waals surface area contributed by atoms with Crippen LogP contribution in [0.2, 0.25) is 0 Å².